The minimum absolute atomic E-state index is 0.0281. The predicted octanol–water partition coefficient (Wildman–Crippen LogP) is 17.0. The second kappa shape index (κ2) is 15.4. The van der Waals surface area contributed by atoms with E-state index in [4.69, 9.17) is 0 Å². The molecule has 5 heteroatoms. The van der Waals surface area contributed by atoms with Crippen LogP contribution in [0, 0.1) is 0 Å². The summed E-state index contributed by atoms with van der Waals surface area (Å²) in [5.74, 6) is 0. The molecular weight excluding hydrogens is 884 g/mol. The van der Waals surface area contributed by atoms with E-state index >= 15 is 0 Å². The largest absolute Gasteiger partial charge is 0.311 e. The van der Waals surface area contributed by atoms with E-state index < -0.39 is 10.0 Å². The average molecular weight is 961 g/mol. The molecule has 70 heavy (non-hydrogen) atoms. The monoisotopic (exact) mass is 961 g/mol. The van der Waals surface area contributed by atoms with E-state index in [0.29, 0.717) is 0 Å². The van der Waals surface area contributed by atoms with Gasteiger partial charge in [-0.2, -0.15) is 0 Å². The lowest BCUT2D eigenvalue weighted by Gasteiger charge is -2.47. The molecule has 1 aromatic heterocycles. The number of benzene rings is 6. The first-order valence-corrected chi connectivity index (χ1v) is 29.8. The van der Waals surface area contributed by atoms with Crippen molar-refractivity contribution in [3.05, 3.63) is 143 Å². The molecule has 362 valence electrons. The van der Waals surface area contributed by atoms with Crippen LogP contribution in [-0.4, -0.2) is 25.5 Å². The van der Waals surface area contributed by atoms with Gasteiger partial charge >= 0.3 is 0 Å². The summed E-state index contributed by atoms with van der Waals surface area (Å²) in [5, 5.41) is 2.79. The van der Waals surface area contributed by atoms with Gasteiger partial charge < -0.3 is 9.80 Å². The quantitative estimate of drug-likeness (QED) is 0.162. The summed E-state index contributed by atoms with van der Waals surface area (Å²) in [7, 11) is -1.09. The molecule has 3 heterocycles. The predicted molar refractivity (Wildman–Crippen MR) is 313 cm³/mol. The fourth-order valence-corrected chi connectivity index (χ4v) is 15.4. The molecule has 2 nitrogen and oxygen atoms in total. The molecule has 4 aliphatic rings. The van der Waals surface area contributed by atoms with Crippen molar-refractivity contribution in [1.29, 1.82) is 0 Å². The Kier molecular flexibility index (Phi) is 10.5. The van der Waals surface area contributed by atoms with Crippen LogP contribution in [0.1, 0.15) is 156 Å². The van der Waals surface area contributed by atoms with Crippen molar-refractivity contribution in [2.24, 2.45) is 0 Å². The third-order valence-corrected chi connectivity index (χ3v) is 20.3. The van der Waals surface area contributed by atoms with Crippen LogP contribution in [0.25, 0.3) is 21.2 Å². The molecule has 0 saturated heterocycles. The van der Waals surface area contributed by atoms with Crippen LogP contribution in [0.4, 0.5) is 33.4 Å². The van der Waals surface area contributed by atoms with Gasteiger partial charge in [-0.1, -0.05) is 145 Å². The third-order valence-electron chi connectivity index (χ3n) is 17.5. The Hall–Kier alpha value is -4.71. The van der Waals surface area contributed by atoms with Gasteiger partial charge in [-0.05, 0) is 209 Å². The molecule has 0 N–H and O–H groups in total. The summed E-state index contributed by atoms with van der Waals surface area (Å²) < 4.78 is 1.41. The van der Waals surface area contributed by atoms with Crippen LogP contribution >= 0.6 is 21.4 Å². The van der Waals surface area contributed by atoms with Gasteiger partial charge in [0.15, 0.2) is 0 Å². The normalized spacial score (nSPS) is 18.7. The zero-order valence-electron chi connectivity index (χ0n) is 45.5. The molecule has 0 radical (unpaired) electrons. The third kappa shape index (κ3) is 7.39. The maximum atomic E-state index is 2.72. The number of hydrogen-bond donors (Lipinski definition) is 0. The van der Waals surface area contributed by atoms with Crippen LogP contribution in [0.15, 0.2) is 114 Å². The minimum atomic E-state index is -1.09. The minimum Gasteiger partial charge on any atom is -0.311 e. The second-order valence-corrected chi connectivity index (χ2v) is 32.3. The van der Waals surface area contributed by atoms with Gasteiger partial charge in [0.1, 0.15) is 0 Å². The molecule has 2 aliphatic heterocycles. The fourth-order valence-electron chi connectivity index (χ4n) is 12.8. The molecule has 0 atom stereocenters. The number of rotatable bonds is 4. The number of fused-ring (bicyclic) bond motifs is 8. The van der Waals surface area contributed by atoms with Gasteiger partial charge in [-0.15, -0.1) is 11.3 Å². The van der Waals surface area contributed by atoms with E-state index in [-0.39, 0.29) is 39.2 Å². The Morgan fingerprint density at radius 3 is 1.47 bits per heavy atom. The molecule has 2 aliphatic carbocycles. The number of thiophene rings is 1. The lowest BCUT2D eigenvalue weighted by Crippen LogP contribution is -2.61. The first-order chi connectivity index (χ1) is 32.6. The van der Waals surface area contributed by atoms with E-state index in [1.54, 1.807) is 0 Å². The lowest BCUT2D eigenvalue weighted by molar-refractivity contribution is 0.332. The van der Waals surface area contributed by atoms with E-state index in [2.05, 4.69) is 235 Å². The zero-order chi connectivity index (χ0) is 50.0. The second-order valence-electron chi connectivity index (χ2n) is 27.2. The Bertz CT molecular complexity index is 3270. The van der Waals surface area contributed by atoms with Crippen LogP contribution < -0.4 is 26.2 Å². The van der Waals surface area contributed by atoms with E-state index in [1.165, 1.54) is 135 Å². The van der Waals surface area contributed by atoms with Crippen molar-refractivity contribution in [3.63, 3.8) is 0 Å². The van der Waals surface area contributed by atoms with Crippen LogP contribution in [0.3, 0.4) is 0 Å². The summed E-state index contributed by atoms with van der Waals surface area (Å²) in [4.78, 5) is 6.84. The van der Waals surface area contributed by atoms with Crippen molar-refractivity contribution >= 4 is 88.0 Å². The molecule has 0 fully saturated rings. The highest BCUT2D eigenvalue weighted by molar-refractivity contribution is 8.32. The van der Waals surface area contributed by atoms with Crippen molar-refractivity contribution in [2.75, 3.05) is 28.6 Å². The van der Waals surface area contributed by atoms with Gasteiger partial charge in [0.05, 0.1) is 5.00 Å². The van der Waals surface area contributed by atoms with Crippen molar-refractivity contribution in [3.8, 4) is 11.1 Å². The lowest BCUT2D eigenvalue weighted by atomic mass is 9.33. The molecule has 11 rings (SSSR count). The SMILES string of the molecule is CC(C)(C)c1ccc(N2c3cc4c(cc3B3c5c2cc(-c2ccccc2S(C)(C)C)cc5N(c2ccc(C(C)(C)C)cc2)c2sc5cc6c(cc5c23)C(C)(C)CCC6(C)C)C(C)(C)CCC4(C)C)cc1. The van der Waals surface area contributed by atoms with Gasteiger partial charge in [0, 0.05) is 33.1 Å². The summed E-state index contributed by atoms with van der Waals surface area (Å²) in [6.07, 6.45) is 12.1. The molecule has 0 spiro atoms. The molecular formula is C65H77BN2S2. The van der Waals surface area contributed by atoms with Gasteiger partial charge in [-0.25, -0.2) is 10.0 Å². The Morgan fingerprint density at radius 2 is 0.957 bits per heavy atom. The first-order valence-electron chi connectivity index (χ1n) is 26.1. The summed E-state index contributed by atoms with van der Waals surface area (Å²) in [5.41, 5.74) is 22.5. The maximum absolute atomic E-state index is 2.72. The van der Waals surface area contributed by atoms with Crippen LogP contribution in [-0.2, 0) is 32.5 Å². The van der Waals surface area contributed by atoms with Crippen LogP contribution in [0.2, 0.25) is 0 Å². The first kappa shape index (κ1) is 47.6. The Labute approximate surface area is 427 Å². The molecule has 0 saturated carbocycles. The maximum Gasteiger partial charge on any atom is 0.254 e. The van der Waals surface area contributed by atoms with Gasteiger partial charge in [-0.3, -0.25) is 0 Å². The summed E-state index contributed by atoms with van der Waals surface area (Å²) in [6.45, 7) is 34.0. The molecule has 0 amide bonds. The molecule has 6 aromatic carbocycles. The van der Waals surface area contributed by atoms with Crippen molar-refractivity contribution < 1.29 is 0 Å². The molecule has 0 unspecified atom stereocenters. The average Bonchev–Trinajstić information content (AvgIpc) is 3.66. The highest BCUT2D eigenvalue weighted by Crippen LogP contribution is 2.56. The van der Waals surface area contributed by atoms with Crippen molar-refractivity contribution in [2.45, 2.75) is 160 Å². The van der Waals surface area contributed by atoms with E-state index in [0.717, 1.165) is 0 Å². The standard InChI is InChI=1S/C65H77BN2S2/c1-60(2,3)41-22-26-43(27-23-41)67-52-38-49-48(63(9,10)31-32-64(49,11)12)37-51(52)66-57-46-36-47-50(65(13,14)33-30-62(47,7)8)39-55(46)69-59(57)68(44-28-24-42(25-29-44)61(4,5)6)54-35-40(34-53(67)58(54)66)45-20-18-19-21-56(45)70(15,16)17/h18-29,34-39H,30-33H2,1-17H3. The summed E-state index contributed by atoms with van der Waals surface area (Å²) >= 11 is 2.03. The highest BCUT2D eigenvalue weighted by atomic mass is 32.3. The van der Waals surface area contributed by atoms with Gasteiger partial charge in [0.2, 0.25) is 0 Å². The highest BCUT2D eigenvalue weighted by Gasteiger charge is 2.49. The smallest absolute Gasteiger partial charge is 0.254 e. The topological polar surface area (TPSA) is 6.48 Å². The number of hydrogen-bond acceptors (Lipinski definition) is 3. The van der Waals surface area contributed by atoms with Crippen molar-refractivity contribution in [1.82, 2.24) is 0 Å². The fraction of sp³-hybridized carbons (Fsp3) is 0.415. The Morgan fingerprint density at radius 1 is 0.500 bits per heavy atom. The molecule has 7 aromatic rings. The van der Waals surface area contributed by atoms with Crippen LogP contribution in [0.5, 0.6) is 0 Å². The van der Waals surface area contributed by atoms with E-state index in [1.807, 2.05) is 11.3 Å². The molecule has 0 bridgehead atoms. The zero-order valence-corrected chi connectivity index (χ0v) is 47.1. The summed E-state index contributed by atoms with van der Waals surface area (Å²) in [6, 6.07) is 44.4. The Balaban J connectivity index is 1.32. The van der Waals surface area contributed by atoms with Gasteiger partial charge in [0.25, 0.3) is 6.71 Å². The number of nitrogens with zero attached hydrogens (tertiary/aromatic N) is 2. The van der Waals surface area contributed by atoms with E-state index in [9.17, 15) is 0 Å². The number of anilines is 6.